The lowest BCUT2D eigenvalue weighted by molar-refractivity contribution is -0.115. The zero-order valence-electron chi connectivity index (χ0n) is 19.4. The second kappa shape index (κ2) is 10.5. The number of carbonyl (C=O) groups excluding carboxylic acids is 2. The number of aromatic hydroxyl groups is 1. The van der Waals surface area contributed by atoms with Crippen molar-refractivity contribution in [1.82, 2.24) is 5.43 Å². The van der Waals surface area contributed by atoms with E-state index in [4.69, 9.17) is 4.74 Å². The molecule has 4 rings (SSSR count). The van der Waals surface area contributed by atoms with Crippen LogP contribution in [0.15, 0.2) is 90.0 Å². The largest absolute Gasteiger partial charge is 0.507 e. The lowest BCUT2D eigenvalue weighted by Gasteiger charge is -2.10. The Labute approximate surface area is 203 Å². The van der Waals surface area contributed by atoms with Crippen molar-refractivity contribution in [3.05, 3.63) is 102 Å². The van der Waals surface area contributed by atoms with Crippen molar-refractivity contribution in [2.75, 3.05) is 12.4 Å². The number of anilines is 1. The van der Waals surface area contributed by atoms with Gasteiger partial charge in [-0.25, -0.2) is 5.43 Å². The van der Waals surface area contributed by atoms with Crippen molar-refractivity contribution in [3.8, 4) is 11.5 Å². The van der Waals surface area contributed by atoms with Gasteiger partial charge in [0.25, 0.3) is 5.91 Å². The number of ether oxygens (including phenoxy) is 1. The average Bonchev–Trinajstić information content (AvgIpc) is 2.87. The van der Waals surface area contributed by atoms with Gasteiger partial charge in [0.2, 0.25) is 5.91 Å². The molecule has 0 radical (unpaired) electrons. The van der Waals surface area contributed by atoms with Gasteiger partial charge in [-0.3, -0.25) is 9.59 Å². The summed E-state index contributed by atoms with van der Waals surface area (Å²) in [5, 5.41) is 18.8. The Bertz CT molecular complexity index is 1410. The number of benzene rings is 4. The number of rotatable bonds is 7. The van der Waals surface area contributed by atoms with Gasteiger partial charge in [-0.1, -0.05) is 54.6 Å². The van der Waals surface area contributed by atoms with Gasteiger partial charge < -0.3 is 15.2 Å². The molecule has 7 heteroatoms. The van der Waals surface area contributed by atoms with Crippen LogP contribution >= 0.6 is 0 Å². The molecule has 0 aliphatic carbocycles. The third kappa shape index (κ3) is 5.65. The van der Waals surface area contributed by atoms with Gasteiger partial charge in [0.05, 0.1) is 24.8 Å². The smallest absolute Gasteiger partial charge is 0.275 e. The summed E-state index contributed by atoms with van der Waals surface area (Å²) in [7, 11) is 1.60. The fourth-order valence-corrected chi connectivity index (χ4v) is 3.71. The van der Waals surface area contributed by atoms with Crippen LogP contribution in [0.5, 0.6) is 11.5 Å². The number of hydrogen-bond acceptors (Lipinski definition) is 5. The molecule has 176 valence electrons. The summed E-state index contributed by atoms with van der Waals surface area (Å²) in [6.07, 6.45) is 0.228. The first-order chi connectivity index (χ1) is 16.9. The summed E-state index contributed by atoms with van der Waals surface area (Å²) in [6, 6.07) is 25.1. The number of hydrazone groups is 1. The van der Waals surface area contributed by atoms with E-state index in [1.165, 1.54) is 6.07 Å². The molecular formula is C28H25N3O4. The Morgan fingerprint density at radius 3 is 2.49 bits per heavy atom. The highest BCUT2D eigenvalue weighted by Crippen LogP contribution is 2.27. The summed E-state index contributed by atoms with van der Waals surface area (Å²) in [5.74, 6) is -0.0424. The molecule has 0 aromatic heterocycles. The second-order valence-corrected chi connectivity index (χ2v) is 7.97. The van der Waals surface area contributed by atoms with Gasteiger partial charge in [-0.2, -0.15) is 5.10 Å². The number of nitrogens with zero attached hydrogens (tertiary/aromatic N) is 1. The van der Waals surface area contributed by atoms with Crippen LogP contribution in [-0.2, 0) is 11.2 Å². The molecule has 4 aromatic rings. The number of phenols is 1. The van der Waals surface area contributed by atoms with Crippen molar-refractivity contribution >= 4 is 34.0 Å². The molecule has 0 bridgehead atoms. The molecule has 0 heterocycles. The van der Waals surface area contributed by atoms with E-state index >= 15 is 0 Å². The highest BCUT2D eigenvalue weighted by Gasteiger charge is 2.15. The van der Waals surface area contributed by atoms with Crippen molar-refractivity contribution in [1.29, 1.82) is 0 Å². The molecule has 0 saturated heterocycles. The topological polar surface area (TPSA) is 100 Å². The molecule has 0 aliphatic rings. The van der Waals surface area contributed by atoms with Gasteiger partial charge >= 0.3 is 0 Å². The van der Waals surface area contributed by atoms with Crippen LogP contribution < -0.4 is 15.5 Å². The standard InChI is InChI=1S/C28H25N3O4/c1-18(30-31-28(34)27-24-9-4-3-6-20(24)12-15-25(27)32)21-7-5-8-22(17-21)29-26(33)16-19-10-13-23(35-2)14-11-19/h3-15,17,32H,16H2,1-2H3,(H,29,33)(H,31,34)/b30-18-. The summed E-state index contributed by atoms with van der Waals surface area (Å²) in [6.45, 7) is 1.75. The van der Waals surface area contributed by atoms with Crippen LogP contribution in [-0.4, -0.2) is 29.7 Å². The van der Waals surface area contributed by atoms with E-state index in [0.717, 1.165) is 22.3 Å². The van der Waals surface area contributed by atoms with Crippen molar-refractivity contribution < 1.29 is 19.4 Å². The van der Waals surface area contributed by atoms with Gasteiger partial charge in [-0.15, -0.1) is 0 Å². The maximum atomic E-state index is 12.8. The Morgan fingerprint density at radius 2 is 1.71 bits per heavy atom. The molecule has 3 N–H and O–H groups in total. The molecule has 35 heavy (non-hydrogen) atoms. The Kier molecular flexibility index (Phi) is 7.07. The van der Waals surface area contributed by atoms with Gasteiger partial charge in [-0.05, 0) is 59.2 Å². The molecule has 0 saturated carbocycles. The van der Waals surface area contributed by atoms with Crippen LogP contribution in [0.3, 0.4) is 0 Å². The quantitative estimate of drug-likeness (QED) is 0.266. The summed E-state index contributed by atoms with van der Waals surface area (Å²) in [5.41, 5.74) is 5.46. The van der Waals surface area contributed by atoms with Crippen molar-refractivity contribution in [3.63, 3.8) is 0 Å². The molecule has 7 nitrogen and oxygen atoms in total. The third-order valence-corrected chi connectivity index (χ3v) is 5.55. The fraction of sp³-hybridized carbons (Fsp3) is 0.107. The molecule has 0 aliphatic heterocycles. The predicted molar refractivity (Wildman–Crippen MR) is 137 cm³/mol. The number of amides is 2. The van der Waals surface area contributed by atoms with Crippen LogP contribution in [0.1, 0.15) is 28.4 Å². The Balaban J connectivity index is 1.44. The molecular weight excluding hydrogens is 442 g/mol. The maximum absolute atomic E-state index is 12.8. The van der Waals surface area contributed by atoms with Gasteiger partial charge in [0.1, 0.15) is 11.5 Å². The average molecular weight is 468 g/mol. The van der Waals surface area contributed by atoms with E-state index in [1.54, 1.807) is 44.4 Å². The SMILES string of the molecule is COc1ccc(CC(=O)Nc2cccc(/C(C)=N\NC(=O)c3c(O)ccc4ccccc34)c2)cc1. The van der Waals surface area contributed by atoms with E-state index in [-0.39, 0.29) is 23.6 Å². The third-order valence-electron chi connectivity index (χ3n) is 5.55. The van der Waals surface area contributed by atoms with Gasteiger partial charge in [0.15, 0.2) is 0 Å². The van der Waals surface area contributed by atoms with E-state index in [2.05, 4.69) is 15.8 Å². The highest BCUT2D eigenvalue weighted by atomic mass is 16.5. The van der Waals surface area contributed by atoms with Gasteiger partial charge in [0, 0.05) is 5.69 Å². The van der Waals surface area contributed by atoms with E-state index in [1.807, 2.05) is 48.5 Å². The monoisotopic (exact) mass is 467 g/mol. The Hall–Kier alpha value is -4.65. The molecule has 4 aromatic carbocycles. The number of phenolic OH excluding ortho intramolecular Hbond substituents is 1. The first-order valence-corrected chi connectivity index (χ1v) is 11.0. The zero-order valence-corrected chi connectivity index (χ0v) is 19.4. The van der Waals surface area contributed by atoms with Crippen LogP contribution in [0.4, 0.5) is 5.69 Å². The van der Waals surface area contributed by atoms with Crippen molar-refractivity contribution in [2.45, 2.75) is 13.3 Å². The number of nitrogens with one attached hydrogen (secondary N) is 2. The van der Waals surface area contributed by atoms with Crippen LogP contribution in [0.25, 0.3) is 10.8 Å². The number of methoxy groups -OCH3 is 1. The normalized spacial score (nSPS) is 11.2. The lowest BCUT2D eigenvalue weighted by Crippen LogP contribution is -2.20. The van der Waals surface area contributed by atoms with Crippen molar-refractivity contribution in [2.24, 2.45) is 5.10 Å². The highest BCUT2D eigenvalue weighted by molar-refractivity contribution is 6.10. The number of hydrogen-bond donors (Lipinski definition) is 3. The molecule has 0 atom stereocenters. The lowest BCUT2D eigenvalue weighted by atomic mass is 10.0. The van der Waals surface area contributed by atoms with Crippen LogP contribution in [0, 0.1) is 0 Å². The number of carbonyl (C=O) groups is 2. The van der Waals surface area contributed by atoms with E-state index in [0.29, 0.717) is 16.8 Å². The molecule has 0 fully saturated rings. The summed E-state index contributed by atoms with van der Waals surface area (Å²) in [4.78, 5) is 25.3. The molecule has 2 amide bonds. The van der Waals surface area contributed by atoms with E-state index in [9.17, 15) is 14.7 Å². The first-order valence-electron chi connectivity index (χ1n) is 11.0. The predicted octanol–water partition coefficient (Wildman–Crippen LogP) is 4.89. The Morgan fingerprint density at radius 1 is 0.943 bits per heavy atom. The fourth-order valence-electron chi connectivity index (χ4n) is 3.71. The van der Waals surface area contributed by atoms with E-state index < -0.39 is 5.91 Å². The maximum Gasteiger partial charge on any atom is 0.275 e. The summed E-state index contributed by atoms with van der Waals surface area (Å²) < 4.78 is 5.14. The minimum absolute atomic E-state index is 0.115. The molecule has 0 unspecified atom stereocenters. The molecule has 0 spiro atoms. The number of fused-ring (bicyclic) bond motifs is 1. The first kappa shape index (κ1) is 23.5. The minimum Gasteiger partial charge on any atom is -0.507 e. The summed E-state index contributed by atoms with van der Waals surface area (Å²) >= 11 is 0. The van der Waals surface area contributed by atoms with Crippen LogP contribution in [0.2, 0.25) is 0 Å². The zero-order chi connectivity index (χ0) is 24.8. The second-order valence-electron chi connectivity index (χ2n) is 7.97. The minimum atomic E-state index is -0.511.